The number of morpholine rings is 1. The molecule has 1 saturated heterocycles. The number of carbonyl (C=O) groups is 1. The lowest BCUT2D eigenvalue weighted by Gasteiger charge is -2.35. The Morgan fingerprint density at radius 1 is 1.16 bits per heavy atom. The molecule has 0 radical (unpaired) electrons. The number of hydrogen-bond acceptors (Lipinski definition) is 5. The summed E-state index contributed by atoms with van der Waals surface area (Å²) in [7, 11) is 1.64. The Morgan fingerprint density at radius 2 is 1.87 bits per heavy atom. The summed E-state index contributed by atoms with van der Waals surface area (Å²) in [6.45, 7) is 12.1. The lowest BCUT2D eigenvalue weighted by Crippen LogP contribution is -2.51. The Bertz CT molecular complexity index is 672. The van der Waals surface area contributed by atoms with Crippen molar-refractivity contribution in [2.75, 3.05) is 53.0 Å². The van der Waals surface area contributed by atoms with Gasteiger partial charge in [-0.1, -0.05) is 26.0 Å². The van der Waals surface area contributed by atoms with Gasteiger partial charge in [0, 0.05) is 38.8 Å². The van der Waals surface area contributed by atoms with Crippen LogP contribution in [0.5, 0.6) is 5.75 Å². The van der Waals surface area contributed by atoms with Crippen LogP contribution in [0.3, 0.4) is 0 Å². The molecule has 1 amide bonds. The molecular weight excluding hydrogens is 394 g/mol. The molecule has 0 spiro atoms. The molecule has 1 aliphatic rings. The van der Waals surface area contributed by atoms with Gasteiger partial charge in [0.1, 0.15) is 12.3 Å². The molecule has 8 heteroatoms. The van der Waals surface area contributed by atoms with Crippen LogP contribution >= 0.6 is 0 Å². The molecule has 1 atom stereocenters. The first-order chi connectivity index (χ1) is 15.0. The fraction of sp³-hybridized carbons (Fsp3) is 0.652. The second-order valence-corrected chi connectivity index (χ2v) is 8.13. The molecule has 1 heterocycles. The van der Waals surface area contributed by atoms with Crippen molar-refractivity contribution in [1.29, 1.82) is 0 Å². The van der Waals surface area contributed by atoms with Crippen LogP contribution in [-0.2, 0) is 16.1 Å². The molecule has 8 nitrogen and oxygen atoms in total. The van der Waals surface area contributed by atoms with E-state index in [0.29, 0.717) is 24.5 Å². The molecule has 1 aromatic rings. The van der Waals surface area contributed by atoms with E-state index in [1.165, 1.54) is 0 Å². The van der Waals surface area contributed by atoms with Gasteiger partial charge in [0.15, 0.2) is 5.96 Å². The number of amides is 1. The predicted molar refractivity (Wildman–Crippen MR) is 124 cm³/mol. The number of benzene rings is 1. The fourth-order valence-corrected chi connectivity index (χ4v) is 3.56. The Morgan fingerprint density at radius 3 is 2.48 bits per heavy atom. The maximum absolute atomic E-state index is 12.3. The first-order valence-electron chi connectivity index (χ1n) is 11.3. The van der Waals surface area contributed by atoms with E-state index in [0.717, 1.165) is 57.1 Å². The number of carbonyl (C=O) groups excluding carboxylic acids is 1. The summed E-state index contributed by atoms with van der Waals surface area (Å²) in [4.78, 5) is 19.2. The number of ether oxygens (including phenoxy) is 2. The average Bonchev–Trinajstić information content (AvgIpc) is 2.79. The SMILES string of the molecule is CCNC(=NCC(=O)NCc1ccc(OC)cc1)NCC(CC(C)C)N1CCOCC1. The van der Waals surface area contributed by atoms with Crippen molar-refractivity contribution in [3.8, 4) is 5.75 Å². The Kier molecular flexibility index (Phi) is 11.2. The second-order valence-electron chi connectivity index (χ2n) is 8.13. The smallest absolute Gasteiger partial charge is 0.242 e. The van der Waals surface area contributed by atoms with Crippen molar-refractivity contribution in [2.45, 2.75) is 39.8 Å². The molecule has 0 aliphatic carbocycles. The first-order valence-corrected chi connectivity index (χ1v) is 11.3. The van der Waals surface area contributed by atoms with E-state index in [1.807, 2.05) is 31.2 Å². The van der Waals surface area contributed by atoms with Crippen LogP contribution in [0.25, 0.3) is 0 Å². The van der Waals surface area contributed by atoms with Crippen LogP contribution in [0.2, 0.25) is 0 Å². The molecule has 2 rings (SSSR count). The van der Waals surface area contributed by atoms with Gasteiger partial charge < -0.3 is 25.4 Å². The van der Waals surface area contributed by atoms with Gasteiger partial charge in [0.2, 0.25) is 5.91 Å². The van der Waals surface area contributed by atoms with E-state index < -0.39 is 0 Å². The normalized spacial score (nSPS) is 16.1. The van der Waals surface area contributed by atoms with Crippen molar-refractivity contribution in [3.63, 3.8) is 0 Å². The number of guanidine groups is 1. The van der Waals surface area contributed by atoms with E-state index in [9.17, 15) is 4.79 Å². The highest BCUT2D eigenvalue weighted by Gasteiger charge is 2.22. The van der Waals surface area contributed by atoms with Gasteiger partial charge in [0.25, 0.3) is 0 Å². The predicted octanol–water partition coefficient (Wildman–Crippen LogP) is 1.61. The third-order valence-corrected chi connectivity index (χ3v) is 5.18. The number of rotatable bonds is 11. The van der Waals surface area contributed by atoms with Gasteiger partial charge in [-0.05, 0) is 37.0 Å². The first kappa shape index (κ1) is 24.9. The van der Waals surface area contributed by atoms with Gasteiger partial charge in [-0.3, -0.25) is 9.69 Å². The summed E-state index contributed by atoms with van der Waals surface area (Å²) >= 11 is 0. The van der Waals surface area contributed by atoms with Crippen LogP contribution in [0.15, 0.2) is 29.3 Å². The molecular formula is C23H39N5O3. The van der Waals surface area contributed by atoms with Gasteiger partial charge >= 0.3 is 0 Å². The monoisotopic (exact) mass is 433 g/mol. The Labute approximate surface area is 186 Å². The molecule has 1 fully saturated rings. The third-order valence-electron chi connectivity index (χ3n) is 5.18. The average molecular weight is 434 g/mol. The summed E-state index contributed by atoms with van der Waals surface area (Å²) in [6, 6.07) is 8.06. The van der Waals surface area contributed by atoms with Crippen molar-refractivity contribution in [2.24, 2.45) is 10.9 Å². The molecule has 1 aromatic carbocycles. The van der Waals surface area contributed by atoms with Crippen LogP contribution in [-0.4, -0.2) is 75.9 Å². The molecule has 0 bridgehead atoms. The maximum atomic E-state index is 12.3. The minimum Gasteiger partial charge on any atom is -0.497 e. The number of nitrogens with zero attached hydrogens (tertiary/aromatic N) is 2. The van der Waals surface area contributed by atoms with Gasteiger partial charge in [-0.15, -0.1) is 0 Å². The fourth-order valence-electron chi connectivity index (χ4n) is 3.56. The zero-order valence-electron chi connectivity index (χ0n) is 19.4. The quantitative estimate of drug-likeness (QED) is 0.363. The molecule has 174 valence electrons. The lowest BCUT2D eigenvalue weighted by atomic mass is 10.0. The lowest BCUT2D eigenvalue weighted by molar-refractivity contribution is -0.119. The molecule has 0 saturated carbocycles. The summed E-state index contributed by atoms with van der Waals surface area (Å²) in [5.74, 6) is 1.97. The highest BCUT2D eigenvalue weighted by Crippen LogP contribution is 2.13. The molecule has 1 aliphatic heterocycles. The van der Waals surface area contributed by atoms with E-state index in [-0.39, 0.29) is 12.5 Å². The summed E-state index contributed by atoms with van der Waals surface area (Å²) < 4.78 is 10.7. The Balaban J connectivity index is 1.84. The summed E-state index contributed by atoms with van der Waals surface area (Å²) in [5, 5.41) is 9.58. The topological polar surface area (TPSA) is 87.2 Å². The third kappa shape index (κ3) is 9.57. The van der Waals surface area contributed by atoms with Crippen LogP contribution in [0, 0.1) is 5.92 Å². The summed E-state index contributed by atoms with van der Waals surface area (Å²) in [5.41, 5.74) is 1.02. The van der Waals surface area contributed by atoms with E-state index in [1.54, 1.807) is 7.11 Å². The van der Waals surface area contributed by atoms with Gasteiger partial charge in [-0.2, -0.15) is 0 Å². The highest BCUT2D eigenvalue weighted by molar-refractivity contribution is 5.84. The molecule has 0 aromatic heterocycles. The van der Waals surface area contributed by atoms with Crippen LogP contribution < -0.4 is 20.7 Å². The van der Waals surface area contributed by atoms with E-state index in [4.69, 9.17) is 9.47 Å². The van der Waals surface area contributed by atoms with E-state index in [2.05, 4.69) is 39.7 Å². The van der Waals surface area contributed by atoms with Crippen molar-refractivity contribution in [3.05, 3.63) is 29.8 Å². The largest absolute Gasteiger partial charge is 0.497 e. The van der Waals surface area contributed by atoms with Crippen molar-refractivity contribution in [1.82, 2.24) is 20.9 Å². The highest BCUT2D eigenvalue weighted by atomic mass is 16.5. The minimum atomic E-state index is -0.111. The molecule has 3 N–H and O–H groups in total. The van der Waals surface area contributed by atoms with Crippen molar-refractivity contribution < 1.29 is 14.3 Å². The van der Waals surface area contributed by atoms with E-state index >= 15 is 0 Å². The summed E-state index contributed by atoms with van der Waals surface area (Å²) in [6.07, 6.45) is 1.11. The molecule has 1 unspecified atom stereocenters. The van der Waals surface area contributed by atoms with Crippen LogP contribution in [0.4, 0.5) is 0 Å². The van der Waals surface area contributed by atoms with Gasteiger partial charge in [0.05, 0.1) is 20.3 Å². The molecule has 31 heavy (non-hydrogen) atoms. The maximum Gasteiger partial charge on any atom is 0.242 e. The number of nitrogens with one attached hydrogen (secondary N) is 3. The standard InChI is InChI=1S/C23H39N5O3/c1-5-24-23(26-16-20(14-18(2)3)28-10-12-31-13-11-28)27-17-22(29)25-15-19-6-8-21(30-4)9-7-19/h6-9,18,20H,5,10-17H2,1-4H3,(H,25,29)(H2,24,26,27). The second kappa shape index (κ2) is 13.9. The zero-order valence-corrected chi connectivity index (χ0v) is 19.4. The number of aliphatic imine (C=N–C) groups is 1. The zero-order chi connectivity index (χ0) is 22.5. The number of methoxy groups -OCH3 is 1. The number of hydrogen-bond donors (Lipinski definition) is 3. The minimum absolute atomic E-state index is 0.0812. The van der Waals surface area contributed by atoms with Crippen molar-refractivity contribution >= 4 is 11.9 Å². The van der Waals surface area contributed by atoms with Gasteiger partial charge in [-0.25, -0.2) is 4.99 Å². The Hall–Kier alpha value is -2.32. The van der Waals surface area contributed by atoms with Crippen LogP contribution in [0.1, 0.15) is 32.8 Å².